The number of nitrogens with zero attached hydrogens (tertiary/aromatic N) is 2. The Bertz CT molecular complexity index is 637. The van der Waals surface area contributed by atoms with Crippen LogP contribution in [-0.4, -0.2) is 41.2 Å². The Kier molecular flexibility index (Phi) is 3.28. The number of hydrogen-bond acceptors (Lipinski definition) is 4. The van der Waals surface area contributed by atoms with Gasteiger partial charge in [0, 0.05) is 7.11 Å². The predicted octanol–water partition coefficient (Wildman–Crippen LogP) is 2.04. The van der Waals surface area contributed by atoms with Gasteiger partial charge in [0.05, 0.1) is 6.07 Å². The summed E-state index contributed by atoms with van der Waals surface area (Å²) in [6, 6.07) is 11.9. The van der Waals surface area contributed by atoms with E-state index in [0.717, 1.165) is 5.56 Å². The molecule has 3 rings (SSSR count). The van der Waals surface area contributed by atoms with E-state index in [1.54, 1.807) is 18.7 Å². The van der Waals surface area contributed by atoms with Gasteiger partial charge < -0.3 is 14.4 Å². The quantitative estimate of drug-likeness (QED) is 0.630. The van der Waals surface area contributed by atoms with Crippen molar-refractivity contribution in [2.75, 3.05) is 7.11 Å². The number of ether oxygens (including phenoxy) is 2. The molecule has 1 aromatic carbocycles. The number of likely N-dealkylation sites (tertiary alicyclic amines) is 1. The number of methoxy groups -OCH3 is 1. The second-order valence-electron chi connectivity index (χ2n) is 6.57. The van der Waals surface area contributed by atoms with Crippen LogP contribution < -0.4 is 0 Å². The molecule has 5 nitrogen and oxygen atoms in total. The van der Waals surface area contributed by atoms with Gasteiger partial charge in [-0.3, -0.25) is 4.79 Å². The molecule has 1 amide bonds. The molecular weight excluding hydrogens is 280 g/mol. The van der Waals surface area contributed by atoms with E-state index < -0.39 is 17.2 Å². The zero-order valence-electron chi connectivity index (χ0n) is 13.2. The van der Waals surface area contributed by atoms with Crippen molar-refractivity contribution in [1.82, 2.24) is 4.90 Å². The van der Waals surface area contributed by atoms with Crippen LogP contribution in [0.2, 0.25) is 0 Å². The third-order valence-electron chi connectivity index (χ3n) is 4.70. The molecule has 0 radical (unpaired) electrons. The number of carbonyl (C=O) groups is 1. The minimum atomic E-state index is -0.882. The molecule has 2 aliphatic rings. The van der Waals surface area contributed by atoms with Gasteiger partial charge in [-0.2, -0.15) is 5.26 Å². The lowest BCUT2D eigenvalue weighted by Gasteiger charge is -2.53. The molecule has 0 saturated carbocycles. The Hall–Kier alpha value is -1.90. The molecule has 116 valence electrons. The van der Waals surface area contributed by atoms with E-state index in [1.807, 2.05) is 37.3 Å². The van der Waals surface area contributed by atoms with Crippen molar-refractivity contribution in [1.29, 1.82) is 5.26 Å². The summed E-state index contributed by atoms with van der Waals surface area (Å²) in [7, 11) is 1.52. The number of amides is 1. The van der Waals surface area contributed by atoms with Crippen molar-refractivity contribution in [3.8, 4) is 6.07 Å². The highest BCUT2D eigenvalue weighted by atomic mass is 16.6. The second kappa shape index (κ2) is 4.80. The summed E-state index contributed by atoms with van der Waals surface area (Å²) in [6.45, 7) is 5.47. The topological polar surface area (TPSA) is 65.9 Å². The molecule has 22 heavy (non-hydrogen) atoms. The van der Waals surface area contributed by atoms with E-state index >= 15 is 0 Å². The maximum atomic E-state index is 12.3. The van der Waals surface area contributed by atoms with Crippen molar-refractivity contribution >= 4 is 5.91 Å². The summed E-state index contributed by atoms with van der Waals surface area (Å²) in [6.07, 6.45) is -0.632. The van der Waals surface area contributed by atoms with Gasteiger partial charge >= 0.3 is 0 Å². The molecule has 0 spiro atoms. The highest BCUT2D eigenvalue weighted by molar-refractivity contribution is 5.90. The molecule has 2 heterocycles. The molecular formula is C17H20N2O3. The minimum absolute atomic E-state index is 0.0820. The summed E-state index contributed by atoms with van der Waals surface area (Å²) >= 11 is 0. The fraction of sp³-hybridized carbons (Fsp3) is 0.529. The largest absolute Gasteiger partial charge is 0.369 e. The predicted molar refractivity (Wildman–Crippen MR) is 79.8 cm³/mol. The van der Waals surface area contributed by atoms with Crippen molar-refractivity contribution in [3.63, 3.8) is 0 Å². The van der Waals surface area contributed by atoms with Crippen molar-refractivity contribution in [2.24, 2.45) is 0 Å². The van der Waals surface area contributed by atoms with Crippen molar-refractivity contribution in [3.05, 3.63) is 35.9 Å². The van der Waals surface area contributed by atoms with Gasteiger partial charge in [0.25, 0.3) is 5.91 Å². The van der Waals surface area contributed by atoms with Crippen LogP contribution >= 0.6 is 0 Å². The number of benzene rings is 1. The molecule has 1 aromatic rings. The van der Waals surface area contributed by atoms with Gasteiger partial charge in [-0.15, -0.1) is 0 Å². The molecule has 0 aromatic heterocycles. The monoisotopic (exact) mass is 300 g/mol. The van der Waals surface area contributed by atoms with Gasteiger partial charge in [-0.1, -0.05) is 30.3 Å². The van der Waals surface area contributed by atoms with Crippen LogP contribution in [0.1, 0.15) is 32.4 Å². The van der Waals surface area contributed by atoms with Crippen molar-refractivity contribution < 1.29 is 14.3 Å². The zero-order chi connectivity index (χ0) is 16.1. The average Bonchev–Trinajstić information content (AvgIpc) is 3.18. The number of β-lactam (4-membered cyclic amide) rings is 1. The van der Waals surface area contributed by atoms with Crippen LogP contribution in [0.4, 0.5) is 0 Å². The second-order valence-corrected chi connectivity index (χ2v) is 6.57. The smallest absolute Gasteiger partial charge is 0.255 e. The lowest BCUT2D eigenvalue weighted by atomic mass is 9.79. The molecule has 4 atom stereocenters. The first-order valence-corrected chi connectivity index (χ1v) is 7.37. The van der Waals surface area contributed by atoms with Crippen LogP contribution in [0.25, 0.3) is 0 Å². The first kappa shape index (κ1) is 15.0. The minimum Gasteiger partial charge on any atom is -0.369 e. The summed E-state index contributed by atoms with van der Waals surface area (Å²) in [5, 5.41) is 9.37. The van der Waals surface area contributed by atoms with E-state index in [9.17, 15) is 10.1 Å². The van der Waals surface area contributed by atoms with Gasteiger partial charge in [0.2, 0.25) is 0 Å². The maximum absolute atomic E-state index is 12.3. The van der Waals surface area contributed by atoms with Crippen LogP contribution in [0.15, 0.2) is 30.3 Å². The Balaban J connectivity index is 1.90. The van der Waals surface area contributed by atoms with Crippen molar-refractivity contribution in [2.45, 2.75) is 50.2 Å². The summed E-state index contributed by atoms with van der Waals surface area (Å²) in [5.74, 6) is -0.150. The molecule has 0 bridgehead atoms. The summed E-state index contributed by atoms with van der Waals surface area (Å²) in [5.41, 5.74) is -0.328. The highest BCUT2D eigenvalue weighted by Crippen LogP contribution is 2.57. The zero-order valence-corrected chi connectivity index (χ0v) is 13.2. The molecule has 2 unspecified atom stereocenters. The number of epoxide rings is 1. The standard InChI is InChI=1S/C17H20N2O3/c1-16(2,10-18)19-13(12(21-4)15(19)20)17(3)14(22-17)11-8-6-5-7-9-11/h5-9,12-14H,1-4H3/t12-,13-,14?,17?/m0/s1. The maximum Gasteiger partial charge on any atom is 0.255 e. The fourth-order valence-corrected chi connectivity index (χ4v) is 3.40. The van der Waals surface area contributed by atoms with E-state index in [2.05, 4.69) is 6.07 Å². The van der Waals surface area contributed by atoms with Crippen LogP contribution in [0, 0.1) is 11.3 Å². The van der Waals surface area contributed by atoms with E-state index in [4.69, 9.17) is 9.47 Å². The Morgan fingerprint density at radius 1 is 1.36 bits per heavy atom. The Morgan fingerprint density at radius 2 is 2.00 bits per heavy atom. The number of hydrogen-bond donors (Lipinski definition) is 0. The third kappa shape index (κ3) is 1.95. The van der Waals surface area contributed by atoms with E-state index in [1.165, 1.54) is 7.11 Å². The molecule has 2 fully saturated rings. The number of rotatable bonds is 4. The lowest BCUT2D eigenvalue weighted by molar-refractivity contribution is -0.185. The normalized spacial score (nSPS) is 34.0. The van der Waals surface area contributed by atoms with Crippen LogP contribution in [-0.2, 0) is 14.3 Å². The SMILES string of the molecule is CO[C@@H]1C(=O)N(C(C)(C)C#N)[C@@H]1C1(C)OC1c1ccccc1. The lowest BCUT2D eigenvalue weighted by Crippen LogP contribution is -2.75. The first-order valence-electron chi connectivity index (χ1n) is 7.37. The van der Waals surface area contributed by atoms with Gasteiger partial charge in [0.1, 0.15) is 23.3 Å². The van der Waals surface area contributed by atoms with Gasteiger partial charge in [-0.25, -0.2) is 0 Å². The third-order valence-corrected chi connectivity index (χ3v) is 4.70. The molecule has 0 N–H and O–H groups in total. The van der Waals surface area contributed by atoms with Gasteiger partial charge in [-0.05, 0) is 26.3 Å². The first-order chi connectivity index (χ1) is 10.4. The van der Waals surface area contributed by atoms with Crippen LogP contribution in [0.5, 0.6) is 0 Å². The Labute approximate surface area is 130 Å². The summed E-state index contributed by atoms with van der Waals surface area (Å²) in [4.78, 5) is 13.9. The van der Waals surface area contributed by atoms with E-state index in [-0.39, 0.29) is 18.1 Å². The molecule has 5 heteroatoms. The molecule has 2 aliphatic heterocycles. The molecule has 0 aliphatic carbocycles. The average molecular weight is 300 g/mol. The summed E-state index contributed by atoms with van der Waals surface area (Å²) < 4.78 is 11.3. The van der Waals surface area contributed by atoms with Crippen LogP contribution in [0.3, 0.4) is 0 Å². The Morgan fingerprint density at radius 3 is 2.55 bits per heavy atom. The number of carbonyl (C=O) groups excluding carboxylic acids is 1. The van der Waals surface area contributed by atoms with E-state index in [0.29, 0.717) is 0 Å². The van der Waals surface area contributed by atoms with Gasteiger partial charge in [0.15, 0.2) is 6.10 Å². The highest BCUT2D eigenvalue weighted by Gasteiger charge is 2.70. The molecule has 2 saturated heterocycles. The fourth-order valence-electron chi connectivity index (χ4n) is 3.40. The number of nitriles is 1.